The third-order valence-electron chi connectivity index (χ3n) is 2.61. The van der Waals surface area contributed by atoms with E-state index in [4.69, 9.17) is 10.5 Å². The Labute approximate surface area is 127 Å². The number of thiazole rings is 1. The van der Waals surface area contributed by atoms with Gasteiger partial charge in [-0.2, -0.15) is 13.1 Å². The third-order valence-corrected chi connectivity index (χ3v) is 4.66. The average molecular weight is 330 g/mol. The zero-order valence-corrected chi connectivity index (χ0v) is 13.6. The molecular formula is C12H18N4O3S2. The van der Waals surface area contributed by atoms with Crippen molar-refractivity contribution in [1.82, 2.24) is 9.71 Å². The quantitative estimate of drug-likeness (QED) is 0.700. The average Bonchev–Trinajstić information content (AvgIpc) is 2.76. The third kappa shape index (κ3) is 3.96. The standard InChI is InChI=1S/C12H18N4O3S2/c1-7(2)6-14-21(17,18)16-12-15-11-9(19-3)4-8(13)5-10(11)20-12/h4-5,7,14H,6,13H2,1-3H3,(H,15,16). The summed E-state index contributed by atoms with van der Waals surface area (Å²) < 4.78 is 34.6. The first kappa shape index (κ1) is 15.8. The molecule has 0 aliphatic rings. The van der Waals surface area contributed by atoms with Crippen LogP contribution in [0.3, 0.4) is 0 Å². The smallest absolute Gasteiger partial charge is 0.300 e. The van der Waals surface area contributed by atoms with Crippen molar-refractivity contribution in [2.24, 2.45) is 5.92 Å². The molecule has 0 fully saturated rings. The van der Waals surface area contributed by atoms with Gasteiger partial charge in [0.05, 0.1) is 11.8 Å². The van der Waals surface area contributed by atoms with E-state index in [1.54, 1.807) is 12.1 Å². The van der Waals surface area contributed by atoms with Crippen LogP contribution in [-0.4, -0.2) is 27.1 Å². The molecule has 2 rings (SSSR count). The minimum Gasteiger partial charge on any atom is -0.494 e. The highest BCUT2D eigenvalue weighted by atomic mass is 32.2. The Kier molecular flexibility index (Phi) is 4.55. The molecule has 0 saturated heterocycles. The van der Waals surface area contributed by atoms with Gasteiger partial charge in [-0.15, -0.1) is 0 Å². The largest absolute Gasteiger partial charge is 0.494 e. The molecule has 0 radical (unpaired) electrons. The van der Waals surface area contributed by atoms with Crippen molar-refractivity contribution in [3.05, 3.63) is 12.1 Å². The molecule has 1 aromatic heterocycles. The highest BCUT2D eigenvalue weighted by Gasteiger charge is 2.15. The maximum Gasteiger partial charge on any atom is 0.300 e. The molecule has 0 aliphatic carbocycles. The SMILES string of the molecule is COc1cc(N)cc2sc(NS(=O)(=O)NCC(C)C)nc12. The minimum atomic E-state index is -3.63. The number of benzene rings is 1. The van der Waals surface area contributed by atoms with Gasteiger partial charge in [-0.25, -0.2) is 9.71 Å². The zero-order valence-electron chi connectivity index (χ0n) is 12.0. The van der Waals surface area contributed by atoms with E-state index in [0.29, 0.717) is 23.5 Å². The number of methoxy groups -OCH3 is 1. The van der Waals surface area contributed by atoms with Crippen LogP contribution in [0.15, 0.2) is 12.1 Å². The van der Waals surface area contributed by atoms with E-state index in [0.717, 1.165) is 4.70 Å². The van der Waals surface area contributed by atoms with Crippen molar-refractivity contribution in [2.75, 3.05) is 24.1 Å². The van der Waals surface area contributed by atoms with Crippen LogP contribution in [0.1, 0.15) is 13.8 Å². The van der Waals surface area contributed by atoms with Crippen LogP contribution in [-0.2, 0) is 10.2 Å². The van der Waals surface area contributed by atoms with E-state index in [-0.39, 0.29) is 11.0 Å². The summed E-state index contributed by atoms with van der Waals surface area (Å²) in [6, 6.07) is 3.38. The Bertz CT molecular complexity index is 740. The monoisotopic (exact) mass is 330 g/mol. The second kappa shape index (κ2) is 6.04. The van der Waals surface area contributed by atoms with Gasteiger partial charge in [-0.3, -0.25) is 0 Å². The Morgan fingerprint density at radius 2 is 2.14 bits per heavy atom. The predicted octanol–water partition coefficient (Wildman–Crippen LogP) is 1.79. The van der Waals surface area contributed by atoms with Crippen LogP contribution in [0.25, 0.3) is 10.2 Å². The summed E-state index contributed by atoms with van der Waals surface area (Å²) >= 11 is 1.20. The molecule has 0 unspecified atom stereocenters. The Morgan fingerprint density at radius 1 is 1.43 bits per heavy atom. The normalized spacial score (nSPS) is 12.0. The van der Waals surface area contributed by atoms with Crippen molar-refractivity contribution in [1.29, 1.82) is 0 Å². The molecule has 0 aliphatic heterocycles. The predicted molar refractivity (Wildman–Crippen MR) is 86.0 cm³/mol. The van der Waals surface area contributed by atoms with Crippen molar-refractivity contribution >= 4 is 42.6 Å². The summed E-state index contributed by atoms with van der Waals surface area (Å²) in [5, 5.41) is 0.269. The molecule has 21 heavy (non-hydrogen) atoms. The lowest BCUT2D eigenvalue weighted by Crippen LogP contribution is -2.32. The Balaban J connectivity index is 2.27. The summed E-state index contributed by atoms with van der Waals surface area (Å²) in [6.45, 7) is 4.21. The molecule has 9 heteroatoms. The van der Waals surface area contributed by atoms with Crippen LogP contribution in [0.4, 0.5) is 10.8 Å². The van der Waals surface area contributed by atoms with Gasteiger partial charge in [-0.1, -0.05) is 25.2 Å². The number of hydrogen-bond acceptors (Lipinski definition) is 6. The molecule has 0 spiro atoms. The van der Waals surface area contributed by atoms with Crippen molar-refractivity contribution in [3.63, 3.8) is 0 Å². The number of hydrogen-bond donors (Lipinski definition) is 3. The lowest BCUT2D eigenvalue weighted by molar-refractivity contribution is 0.419. The summed E-state index contributed by atoms with van der Waals surface area (Å²) in [5.41, 5.74) is 6.88. The fourth-order valence-electron chi connectivity index (χ4n) is 1.65. The first-order valence-corrected chi connectivity index (χ1v) is 8.62. The van der Waals surface area contributed by atoms with E-state index in [9.17, 15) is 8.42 Å². The second-order valence-corrected chi connectivity index (χ2v) is 7.47. The number of ether oxygens (including phenoxy) is 1. The first-order valence-electron chi connectivity index (χ1n) is 6.32. The van der Waals surface area contributed by atoms with Crippen molar-refractivity contribution in [3.8, 4) is 5.75 Å². The number of nitrogens with one attached hydrogen (secondary N) is 2. The lowest BCUT2D eigenvalue weighted by Gasteiger charge is -2.08. The van der Waals surface area contributed by atoms with Gasteiger partial charge in [0.2, 0.25) is 0 Å². The molecule has 7 nitrogen and oxygen atoms in total. The molecule has 0 bridgehead atoms. The first-order chi connectivity index (χ1) is 9.80. The summed E-state index contributed by atoms with van der Waals surface area (Å²) in [5.74, 6) is 0.735. The number of fused-ring (bicyclic) bond motifs is 1. The van der Waals surface area contributed by atoms with Gasteiger partial charge in [0, 0.05) is 18.3 Å². The molecule has 1 heterocycles. The summed E-state index contributed by atoms with van der Waals surface area (Å²) in [4.78, 5) is 4.24. The zero-order chi connectivity index (χ0) is 15.6. The number of nitrogens with zero attached hydrogens (tertiary/aromatic N) is 1. The van der Waals surface area contributed by atoms with E-state index in [1.807, 2.05) is 13.8 Å². The number of aromatic nitrogens is 1. The van der Waals surface area contributed by atoms with Crippen LogP contribution < -0.4 is 19.9 Å². The van der Waals surface area contributed by atoms with E-state index >= 15 is 0 Å². The molecule has 0 saturated carbocycles. The van der Waals surface area contributed by atoms with Gasteiger partial charge in [-0.05, 0) is 12.0 Å². The molecule has 2 aromatic rings. The Morgan fingerprint density at radius 3 is 2.76 bits per heavy atom. The highest BCUT2D eigenvalue weighted by Crippen LogP contribution is 2.34. The molecule has 116 valence electrons. The van der Waals surface area contributed by atoms with Crippen LogP contribution in [0.5, 0.6) is 5.75 Å². The molecule has 0 amide bonds. The molecular weight excluding hydrogens is 312 g/mol. The van der Waals surface area contributed by atoms with Gasteiger partial charge < -0.3 is 10.5 Å². The maximum atomic E-state index is 11.9. The van der Waals surface area contributed by atoms with Gasteiger partial charge >= 0.3 is 10.2 Å². The van der Waals surface area contributed by atoms with Gasteiger partial charge in [0.15, 0.2) is 5.13 Å². The number of nitrogen functional groups attached to an aromatic ring is 1. The van der Waals surface area contributed by atoms with E-state index in [2.05, 4.69) is 14.4 Å². The summed E-state index contributed by atoms with van der Waals surface area (Å²) in [7, 11) is -2.12. The van der Waals surface area contributed by atoms with E-state index in [1.165, 1.54) is 18.4 Å². The van der Waals surface area contributed by atoms with Gasteiger partial charge in [0.1, 0.15) is 11.3 Å². The fourth-order valence-corrected chi connectivity index (χ4v) is 3.83. The summed E-state index contributed by atoms with van der Waals surface area (Å²) in [6.07, 6.45) is 0. The minimum absolute atomic E-state index is 0.219. The fraction of sp³-hybridized carbons (Fsp3) is 0.417. The second-order valence-electron chi connectivity index (χ2n) is 4.94. The van der Waals surface area contributed by atoms with E-state index < -0.39 is 10.2 Å². The van der Waals surface area contributed by atoms with Gasteiger partial charge in [0.25, 0.3) is 0 Å². The van der Waals surface area contributed by atoms with Crippen LogP contribution in [0, 0.1) is 5.92 Å². The van der Waals surface area contributed by atoms with Crippen molar-refractivity contribution in [2.45, 2.75) is 13.8 Å². The maximum absolute atomic E-state index is 11.9. The van der Waals surface area contributed by atoms with Crippen LogP contribution in [0.2, 0.25) is 0 Å². The number of rotatable bonds is 6. The molecule has 0 atom stereocenters. The highest BCUT2D eigenvalue weighted by molar-refractivity contribution is 7.91. The van der Waals surface area contributed by atoms with Crippen molar-refractivity contribution < 1.29 is 13.2 Å². The number of nitrogens with two attached hydrogens (primary N) is 1. The molecule has 1 aromatic carbocycles. The lowest BCUT2D eigenvalue weighted by atomic mass is 10.2. The topological polar surface area (TPSA) is 106 Å². The molecule has 4 N–H and O–H groups in total. The Hall–Kier alpha value is -1.58. The van der Waals surface area contributed by atoms with Crippen LogP contribution >= 0.6 is 11.3 Å². The number of anilines is 2.